The van der Waals surface area contributed by atoms with E-state index in [2.05, 4.69) is 0 Å². The Morgan fingerprint density at radius 1 is 0.673 bits per heavy atom. The fraction of sp³-hybridized carbons (Fsp3) is 0.606. The molecule has 19 nitrogen and oxygen atoms in total. The number of carbonyl (C=O) groups excluding carboxylic acids is 1. The Hall–Kier alpha value is -3.25. The minimum absolute atomic E-state index is 0.0815. The van der Waals surface area contributed by atoms with Crippen molar-refractivity contribution < 1.29 is 94.1 Å². The minimum atomic E-state index is -1.81. The summed E-state index contributed by atoms with van der Waals surface area (Å²) >= 11 is 0. The molecule has 52 heavy (non-hydrogen) atoms. The second-order valence-corrected chi connectivity index (χ2v) is 13.1. The molecule has 4 aliphatic rings. The number of aliphatic hydroxyl groups is 10. The minimum Gasteiger partial charge on any atom is -0.507 e. The second-order valence-electron chi connectivity index (χ2n) is 13.1. The number of ketones is 1. The van der Waals surface area contributed by atoms with Crippen LogP contribution in [0, 0.1) is 0 Å². The summed E-state index contributed by atoms with van der Waals surface area (Å²) in [5, 5.41) is 112. The Bertz CT molecular complexity index is 1540. The highest BCUT2D eigenvalue weighted by Crippen LogP contribution is 2.43. The Labute approximate surface area is 295 Å². The summed E-state index contributed by atoms with van der Waals surface area (Å²) in [5.41, 5.74) is 0.367. The number of Topliss-reactive ketones (excluding diaryl/α,β-unsaturated/α-hetero) is 1. The van der Waals surface area contributed by atoms with Crippen molar-refractivity contribution in [3.8, 4) is 23.0 Å². The summed E-state index contributed by atoms with van der Waals surface area (Å²) in [6.45, 7) is 0.293. The number of rotatable bonds is 9. The third kappa shape index (κ3) is 7.56. The predicted octanol–water partition coefficient (Wildman–Crippen LogP) is -3.69. The fourth-order valence-corrected chi connectivity index (χ4v) is 6.36. The van der Waals surface area contributed by atoms with Gasteiger partial charge < -0.3 is 89.3 Å². The molecule has 288 valence electrons. The van der Waals surface area contributed by atoms with Gasteiger partial charge in [-0.3, -0.25) is 4.79 Å². The first-order valence-corrected chi connectivity index (χ1v) is 16.5. The number of aromatic hydroxyl groups is 1. The molecule has 0 radical (unpaired) electrons. The number of hydrogen-bond donors (Lipinski definition) is 11. The number of benzene rings is 2. The molecule has 0 amide bonds. The standard InChI is InChI=1S/C33H42O19/c1-11-22(37)25(40)28(43)31(47-11)46-10-20-24(39)27(42)30(45)33(52-20)49-14-6-15(35)21-16(36)8-17(50-18(21)7-14)12-2-4-13(5-3-12)48-32-29(44)26(41)23(38)19(9-34)51-32/h2-7,11,17,19-20,22-35,37-45H,8-10H2,1H3/t11-,17?,19+,20+,22-,23+,24+,25+,26-,27-,28+,29+,30+,31+,32+,33+/m0/s1. The van der Waals surface area contributed by atoms with Crippen LogP contribution in [0.25, 0.3) is 0 Å². The lowest BCUT2D eigenvalue weighted by Crippen LogP contribution is -2.61. The summed E-state index contributed by atoms with van der Waals surface area (Å²) in [7, 11) is 0. The first kappa shape index (κ1) is 38.5. The third-order valence-corrected chi connectivity index (χ3v) is 9.48. The molecule has 4 heterocycles. The van der Waals surface area contributed by atoms with Crippen LogP contribution < -0.4 is 14.2 Å². The molecule has 11 N–H and O–H groups in total. The predicted molar refractivity (Wildman–Crippen MR) is 167 cm³/mol. The molecule has 0 spiro atoms. The van der Waals surface area contributed by atoms with Crippen LogP contribution in [-0.4, -0.2) is 167 Å². The van der Waals surface area contributed by atoms with Crippen LogP contribution in [0.15, 0.2) is 36.4 Å². The van der Waals surface area contributed by atoms with E-state index in [1.165, 1.54) is 25.1 Å². The van der Waals surface area contributed by atoms with Gasteiger partial charge in [-0.05, 0) is 24.6 Å². The van der Waals surface area contributed by atoms with Gasteiger partial charge in [-0.25, -0.2) is 0 Å². The van der Waals surface area contributed by atoms with E-state index >= 15 is 0 Å². The number of phenolic OH excluding ortho intramolecular Hbond substituents is 1. The van der Waals surface area contributed by atoms with Gasteiger partial charge in [-0.1, -0.05) is 12.1 Å². The highest BCUT2D eigenvalue weighted by atomic mass is 16.7. The van der Waals surface area contributed by atoms with E-state index < -0.39 is 123 Å². The third-order valence-electron chi connectivity index (χ3n) is 9.48. The van der Waals surface area contributed by atoms with E-state index in [1.807, 2.05) is 0 Å². The van der Waals surface area contributed by atoms with Crippen LogP contribution in [0.5, 0.6) is 23.0 Å². The Kier molecular flexibility index (Phi) is 11.6. The van der Waals surface area contributed by atoms with Crippen molar-refractivity contribution >= 4 is 5.78 Å². The van der Waals surface area contributed by atoms with E-state index in [1.54, 1.807) is 12.1 Å². The molecule has 2 aromatic rings. The summed E-state index contributed by atoms with van der Waals surface area (Å²) in [5.74, 6) is -1.04. The molecule has 6 rings (SSSR count). The zero-order valence-corrected chi connectivity index (χ0v) is 27.5. The largest absolute Gasteiger partial charge is 0.507 e. The zero-order valence-electron chi connectivity index (χ0n) is 27.5. The highest BCUT2D eigenvalue weighted by Gasteiger charge is 2.48. The van der Waals surface area contributed by atoms with Crippen LogP contribution >= 0.6 is 0 Å². The molecule has 4 aliphatic heterocycles. The lowest BCUT2D eigenvalue weighted by molar-refractivity contribution is -0.318. The second kappa shape index (κ2) is 15.6. The van der Waals surface area contributed by atoms with E-state index in [9.17, 15) is 61.0 Å². The first-order chi connectivity index (χ1) is 24.7. The van der Waals surface area contributed by atoms with Crippen molar-refractivity contribution in [1.82, 2.24) is 0 Å². The van der Waals surface area contributed by atoms with Crippen LogP contribution in [0.1, 0.15) is 35.4 Å². The molecular weight excluding hydrogens is 700 g/mol. The monoisotopic (exact) mass is 742 g/mol. The molecule has 0 aromatic heterocycles. The number of aliphatic hydroxyl groups excluding tert-OH is 10. The molecule has 0 saturated carbocycles. The maximum atomic E-state index is 13.1. The summed E-state index contributed by atoms with van der Waals surface area (Å²) in [4.78, 5) is 13.1. The lowest BCUT2D eigenvalue weighted by Gasteiger charge is -2.42. The summed E-state index contributed by atoms with van der Waals surface area (Å²) in [6.07, 6.45) is -23.7. The summed E-state index contributed by atoms with van der Waals surface area (Å²) in [6, 6.07) is 8.41. The average Bonchev–Trinajstić information content (AvgIpc) is 3.12. The molecule has 0 aliphatic carbocycles. The molecule has 16 atom stereocenters. The number of phenols is 1. The Morgan fingerprint density at radius 2 is 1.23 bits per heavy atom. The smallest absolute Gasteiger partial charge is 0.229 e. The number of ether oxygens (including phenoxy) is 7. The van der Waals surface area contributed by atoms with E-state index in [4.69, 9.17) is 33.2 Å². The lowest BCUT2D eigenvalue weighted by atomic mass is 9.95. The number of fused-ring (bicyclic) bond motifs is 1. The maximum absolute atomic E-state index is 13.1. The first-order valence-electron chi connectivity index (χ1n) is 16.5. The van der Waals surface area contributed by atoms with Crippen molar-refractivity contribution in [2.45, 2.75) is 112 Å². The molecule has 3 saturated heterocycles. The van der Waals surface area contributed by atoms with Gasteiger partial charge in [0.25, 0.3) is 0 Å². The molecule has 0 bridgehead atoms. The topological polar surface area (TPSA) is 304 Å². The number of carbonyl (C=O) groups is 1. The van der Waals surface area contributed by atoms with Crippen molar-refractivity contribution in [3.63, 3.8) is 0 Å². The van der Waals surface area contributed by atoms with Crippen LogP contribution in [0.2, 0.25) is 0 Å². The van der Waals surface area contributed by atoms with Gasteiger partial charge in [0.1, 0.15) is 102 Å². The number of hydrogen-bond acceptors (Lipinski definition) is 19. The van der Waals surface area contributed by atoms with E-state index in [0.717, 1.165) is 6.07 Å². The molecule has 3 fully saturated rings. The van der Waals surface area contributed by atoms with Crippen molar-refractivity contribution in [2.24, 2.45) is 0 Å². The Balaban J connectivity index is 1.12. The van der Waals surface area contributed by atoms with Crippen LogP contribution in [-0.2, 0) is 18.9 Å². The molecule has 2 aromatic carbocycles. The van der Waals surface area contributed by atoms with Crippen LogP contribution in [0.4, 0.5) is 0 Å². The fourth-order valence-electron chi connectivity index (χ4n) is 6.36. The van der Waals surface area contributed by atoms with E-state index in [-0.39, 0.29) is 29.2 Å². The van der Waals surface area contributed by atoms with Gasteiger partial charge in [-0.2, -0.15) is 0 Å². The molecule has 1 unspecified atom stereocenters. The maximum Gasteiger partial charge on any atom is 0.229 e. The Morgan fingerprint density at radius 3 is 1.87 bits per heavy atom. The van der Waals surface area contributed by atoms with Gasteiger partial charge >= 0.3 is 0 Å². The van der Waals surface area contributed by atoms with Gasteiger partial charge in [0.15, 0.2) is 12.1 Å². The van der Waals surface area contributed by atoms with Crippen molar-refractivity contribution in [1.29, 1.82) is 0 Å². The SMILES string of the molecule is C[C@@H]1O[C@@H](OC[C@H]2O[C@@H](Oc3cc(O)c4c(c3)OC(c3ccc(O[C@@H]5O[C@H](CO)[C@@H](O)[C@H](O)[C@H]5O)cc3)CC4=O)[C@H](O)[C@@H](O)[C@@H]2O)[C@H](O)[C@H](O)[C@H]1O. The quantitative estimate of drug-likeness (QED) is 0.118. The zero-order chi connectivity index (χ0) is 37.6. The van der Waals surface area contributed by atoms with Gasteiger partial charge in [0, 0.05) is 12.1 Å². The normalized spacial score (nSPS) is 40.8. The molecule has 19 heteroatoms. The molecular formula is C33H42O19. The van der Waals surface area contributed by atoms with Gasteiger partial charge in [0.05, 0.1) is 25.7 Å². The van der Waals surface area contributed by atoms with E-state index in [0.29, 0.717) is 5.56 Å². The van der Waals surface area contributed by atoms with Gasteiger partial charge in [-0.15, -0.1) is 0 Å². The highest BCUT2D eigenvalue weighted by molar-refractivity contribution is 6.02. The van der Waals surface area contributed by atoms with Gasteiger partial charge in [0.2, 0.25) is 12.6 Å². The average molecular weight is 743 g/mol. The van der Waals surface area contributed by atoms with Crippen molar-refractivity contribution in [3.05, 3.63) is 47.5 Å². The summed E-state index contributed by atoms with van der Waals surface area (Å²) < 4.78 is 39.2. The van der Waals surface area contributed by atoms with Crippen LogP contribution in [0.3, 0.4) is 0 Å². The van der Waals surface area contributed by atoms with Crippen molar-refractivity contribution in [2.75, 3.05) is 13.2 Å².